The molecule has 29 heavy (non-hydrogen) atoms. The molecule has 3 amide bonds. The number of hydrogen-bond acceptors (Lipinski definition) is 7. The Labute approximate surface area is 170 Å². The van der Waals surface area contributed by atoms with Gasteiger partial charge in [-0.3, -0.25) is 10.1 Å². The van der Waals surface area contributed by atoms with Crippen LogP contribution in [0.2, 0.25) is 5.02 Å². The van der Waals surface area contributed by atoms with Crippen LogP contribution in [0.5, 0.6) is 17.2 Å². The maximum Gasteiger partial charge on any atom is 0.338 e. The first-order valence-electron chi connectivity index (χ1n) is 8.47. The molecule has 0 bridgehead atoms. The number of fused-ring (bicyclic) bond motifs is 1. The summed E-state index contributed by atoms with van der Waals surface area (Å²) in [6, 6.07) is 8.51. The first-order valence-corrected chi connectivity index (χ1v) is 8.85. The second-order valence-corrected chi connectivity index (χ2v) is 6.20. The Bertz CT molecular complexity index is 931. The van der Waals surface area contributed by atoms with E-state index in [-0.39, 0.29) is 10.6 Å². The lowest BCUT2D eigenvalue weighted by molar-refractivity contribution is -0.123. The van der Waals surface area contributed by atoms with Crippen LogP contribution >= 0.6 is 11.6 Å². The maximum absolute atomic E-state index is 12.2. The Morgan fingerprint density at radius 1 is 1.10 bits per heavy atom. The SMILES string of the molecule is COc1ccc(NC(=O)NC(=O)COC(=O)c2cc(Cl)c3c(c2)OCCO3)cc1. The minimum absolute atomic E-state index is 0.0923. The van der Waals surface area contributed by atoms with Gasteiger partial charge < -0.3 is 24.3 Å². The van der Waals surface area contributed by atoms with Crippen molar-refractivity contribution in [3.63, 3.8) is 0 Å². The van der Waals surface area contributed by atoms with E-state index >= 15 is 0 Å². The normalized spacial score (nSPS) is 11.9. The molecule has 152 valence electrons. The number of halogens is 1. The third-order valence-electron chi connectivity index (χ3n) is 3.77. The minimum Gasteiger partial charge on any atom is -0.497 e. The molecule has 0 saturated heterocycles. The monoisotopic (exact) mass is 420 g/mol. The van der Waals surface area contributed by atoms with Crippen LogP contribution in [0.4, 0.5) is 10.5 Å². The highest BCUT2D eigenvalue weighted by Gasteiger charge is 2.20. The zero-order valence-corrected chi connectivity index (χ0v) is 16.1. The van der Waals surface area contributed by atoms with Crippen LogP contribution in [0.15, 0.2) is 36.4 Å². The Hall–Kier alpha value is -3.46. The van der Waals surface area contributed by atoms with Crippen LogP contribution < -0.4 is 24.8 Å². The highest BCUT2D eigenvalue weighted by molar-refractivity contribution is 6.32. The second kappa shape index (κ2) is 9.16. The van der Waals surface area contributed by atoms with E-state index in [1.807, 2.05) is 0 Å². The van der Waals surface area contributed by atoms with Crippen molar-refractivity contribution in [2.75, 3.05) is 32.2 Å². The molecular weight excluding hydrogens is 404 g/mol. The van der Waals surface area contributed by atoms with Crippen LogP contribution in [0.3, 0.4) is 0 Å². The fourth-order valence-electron chi connectivity index (χ4n) is 2.44. The molecule has 0 atom stereocenters. The number of carbonyl (C=O) groups is 3. The summed E-state index contributed by atoms with van der Waals surface area (Å²) in [6.45, 7) is 0.0315. The molecule has 1 aliphatic heterocycles. The van der Waals surface area contributed by atoms with E-state index in [1.165, 1.54) is 19.2 Å². The number of carbonyl (C=O) groups excluding carboxylic acids is 3. The molecule has 0 aliphatic carbocycles. The number of benzene rings is 2. The number of nitrogens with one attached hydrogen (secondary N) is 2. The van der Waals surface area contributed by atoms with Crippen molar-refractivity contribution in [1.82, 2.24) is 5.32 Å². The molecule has 0 aromatic heterocycles. The van der Waals surface area contributed by atoms with Crippen LogP contribution in [0.1, 0.15) is 10.4 Å². The van der Waals surface area contributed by atoms with Gasteiger partial charge in [0.25, 0.3) is 5.91 Å². The van der Waals surface area contributed by atoms with Gasteiger partial charge in [-0.05, 0) is 36.4 Å². The molecule has 0 saturated carbocycles. The highest BCUT2D eigenvalue weighted by Crippen LogP contribution is 2.38. The topological polar surface area (TPSA) is 112 Å². The third kappa shape index (κ3) is 5.29. The average molecular weight is 421 g/mol. The summed E-state index contributed by atoms with van der Waals surface area (Å²) in [7, 11) is 1.52. The number of methoxy groups -OCH3 is 1. The van der Waals surface area contributed by atoms with E-state index in [2.05, 4.69) is 10.6 Å². The third-order valence-corrected chi connectivity index (χ3v) is 4.05. The Morgan fingerprint density at radius 3 is 2.55 bits per heavy atom. The molecule has 0 fully saturated rings. The predicted octanol–water partition coefficient (Wildman–Crippen LogP) is 2.62. The van der Waals surface area contributed by atoms with Crippen LogP contribution in [-0.4, -0.2) is 44.8 Å². The number of ether oxygens (including phenoxy) is 4. The van der Waals surface area contributed by atoms with Gasteiger partial charge in [-0.25, -0.2) is 9.59 Å². The number of hydrogen-bond donors (Lipinski definition) is 2. The molecule has 1 heterocycles. The number of anilines is 1. The van der Waals surface area contributed by atoms with Gasteiger partial charge in [-0.1, -0.05) is 11.6 Å². The van der Waals surface area contributed by atoms with Crippen molar-refractivity contribution in [3.05, 3.63) is 47.0 Å². The first kappa shape index (κ1) is 20.3. The second-order valence-electron chi connectivity index (χ2n) is 5.79. The van der Waals surface area contributed by atoms with Gasteiger partial charge in [0.05, 0.1) is 17.7 Å². The Kier molecular flexibility index (Phi) is 6.40. The van der Waals surface area contributed by atoms with Crippen molar-refractivity contribution in [2.24, 2.45) is 0 Å². The molecule has 0 unspecified atom stereocenters. The van der Waals surface area contributed by atoms with Crippen LogP contribution in [0, 0.1) is 0 Å². The summed E-state index contributed by atoms with van der Waals surface area (Å²) < 4.78 is 20.7. The van der Waals surface area contributed by atoms with Crippen molar-refractivity contribution < 1.29 is 33.3 Å². The smallest absolute Gasteiger partial charge is 0.338 e. The fourth-order valence-corrected chi connectivity index (χ4v) is 2.71. The van der Waals surface area contributed by atoms with Crippen molar-refractivity contribution >= 4 is 35.2 Å². The maximum atomic E-state index is 12.2. The van der Waals surface area contributed by atoms with Gasteiger partial charge in [0, 0.05) is 5.69 Å². The molecule has 9 nitrogen and oxygen atoms in total. The quantitative estimate of drug-likeness (QED) is 0.715. The van der Waals surface area contributed by atoms with Gasteiger partial charge in [-0.2, -0.15) is 0 Å². The Balaban J connectivity index is 1.50. The summed E-state index contributed by atoms with van der Waals surface area (Å²) >= 11 is 6.07. The summed E-state index contributed by atoms with van der Waals surface area (Å²) in [4.78, 5) is 35.8. The molecule has 0 radical (unpaired) electrons. The highest BCUT2D eigenvalue weighted by atomic mass is 35.5. The van der Waals surface area contributed by atoms with Crippen molar-refractivity contribution in [1.29, 1.82) is 0 Å². The molecule has 2 aromatic carbocycles. The lowest BCUT2D eigenvalue weighted by Gasteiger charge is -2.19. The molecule has 2 aromatic rings. The standard InChI is InChI=1S/C19H17ClN2O7/c1-26-13-4-2-12(3-5-13)21-19(25)22-16(23)10-29-18(24)11-8-14(20)17-15(9-11)27-6-7-28-17/h2-5,8-9H,6-7,10H2,1H3,(H2,21,22,23,25). The van der Waals surface area contributed by atoms with Gasteiger partial charge in [0.15, 0.2) is 18.1 Å². The Morgan fingerprint density at radius 2 is 1.83 bits per heavy atom. The van der Waals surface area contributed by atoms with Crippen LogP contribution in [-0.2, 0) is 9.53 Å². The molecule has 0 spiro atoms. The van der Waals surface area contributed by atoms with E-state index in [4.69, 9.17) is 30.5 Å². The van der Waals surface area contributed by atoms with Gasteiger partial charge >= 0.3 is 12.0 Å². The van der Waals surface area contributed by atoms with E-state index in [1.54, 1.807) is 24.3 Å². The number of amides is 3. The lowest BCUT2D eigenvalue weighted by Crippen LogP contribution is -2.37. The number of imide groups is 1. The molecule has 10 heteroatoms. The van der Waals surface area contributed by atoms with E-state index in [9.17, 15) is 14.4 Å². The predicted molar refractivity (Wildman–Crippen MR) is 103 cm³/mol. The van der Waals surface area contributed by atoms with Crippen molar-refractivity contribution in [3.8, 4) is 17.2 Å². The number of esters is 1. The van der Waals surface area contributed by atoms with Gasteiger partial charge in [0.2, 0.25) is 0 Å². The van der Waals surface area contributed by atoms with E-state index in [0.29, 0.717) is 36.1 Å². The fraction of sp³-hybridized carbons (Fsp3) is 0.211. The summed E-state index contributed by atoms with van der Waals surface area (Å²) in [5.74, 6) is -0.304. The van der Waals surface area contributed by atoms with Gasteiger partial charge in [0.1, 0.15) is 19.0 Å². The summed E-state index contributed by atoms with van der Waals surface area (Å²) in [5, 5.41) is 4.72. The minimum atomic E-state index is -0.798. The van der Waals surface area contributed by atoms with Crippen molar-refractivity contribution in [2.45, 2.75) is 0 Å². The zero-order valence-electron chi connectivity index (χ0n) is 15.3. The zero-order chi connectivity index (χ0) is 20.8. The molecule has 3 rings (SSSR count). The lowest BCUT2D eigenvalue weighted by atomic mass is 10.2. The average Bonchev–Trinajstić information content (AvgIpc) is 2.72. The molecule has 2 N–H and O–H groups in total. The number of urea groups is 1. The molecule has 1 aliphatic rings. The van der Waals surface area contributed by atoms with E-state index < -0.39 is 24.5 Å². The first-order chi connectivity index (χ1) is 14.0. The summed E-state index contributed by atoms with van der Waals surface area (Å²) in [6.07, 6.45) is 0. The van der Waals surface area contributed by atoms with Crippen LogP contribution in [0.25, 0.3) is 0 Å². The summed E-state index contributed by atoms with van der Waals surface area (Å²) in [5.41, 5.74) is 0.550. The largest absolute Gasteiger partial charge is 0.497 e. The van der Waals surface area contributed by atoms with E-state index in [0.717, 1.165) is 0 Å². The van der Waals surface area contributed by atoms with Gasteiger partial charge in [-0.15, -0.1) is 0 Å². The number of rotatable bonds is 5. The molecular formula is C19H17ClN2O7.